The molecule has 2 rings (SSSR count). The van der Waals surface area contributed by atoms with Crippen LogP contribution in [0.2, 0.25) is 0 Å². The van der Waals surface area contributed by atoms with Crippen molar-refractivity contribution in [3.63, 3.8) is 0 Å². The van der Waals surface area contributed by atoms with Crippen LogP contribution in [-0.2, 0) is 20.8 Å². The van der Waals surface area contributed by atoms with Gasteiger partial charge in [0.1, 0.15) is 0 Å². The number of amides is 3. The van der Waals surface area contributed by atoms with Crippen LogP contribution in [0.5, 0.6) is 0 Å². The Morgan fingerprint density at radius 1 is 0.812 bits per heavy atom. The zero-order chi connectivity index (χ0) is 23.3. The lowest BCUT2D eigenvalue weighted by molar-refractivity contribution is -0.128. The molecule has 0 aliphatic rings. The van der Waals surface area contributed by atoms with E-state index in [9.17, 15) is 14.4 Å². The fourth-order valence-electron chi connectivity index (χ4n) is 3.08. The Balaban J connectivity index is 1.78. The van der Waals surface area contributed by atoms with E-state index in [2.05, 4.69) is 22.9 Å². The Morgan fingerprint density at radius 3 is 2.19 bits per heavy atom. The predicted molar refractivity (Wildman–Crippen MR) is 130 cm³/mol. The number of carbonyl (C=O) groups excluding carboxylic acids is 3. The third-order valence-corrected chi connectivity index (χ3v) is 4.97. The minimum atomic E-state index is -0.172. The third-order valence-electron chi connectivity index (χ3n) is 4.97. The number of unbranched alkanes of at least 4 members (excludes halogenated alkanes) is 2. The molecule has 0 bridgehead atoms. The average molecular weight is 439 g/mol. The second-order valence-corrected chi connectivity index (χ2v) is 7.97. The average Bonchev–Trinajstić information content (AvgIpc) is 2.77. The number of rotatable bonds is 12. The van der Waals surface area contributed by atoms with Gasteiger partial charge in [-0.2, -0.15) is 0 Å². The lowest BCUT2D eigenvalue weighted by Crippen LogP contribution is -2.22. The molecule has 0 unspecified atom stereocenters. The van der Waals surface area contributed by atoms with E-state index in [0.29, 0.717) is 30.6 Å². The second-order valence-electron chi connectivity index (χ2n) is 7.97. The molecule has 3 amide bonds. The van der Waals surface area contributed by atoms with Crippen LogP contribution >= 0.6 is 0 Å². The highest BCUT2D eigenvalue weighted by Gasteiger charge is 2.07. The highest BCUT2D eigenvalue weighted by molar-refractivity contribution is 5.94. The first-order valence-electron chi connectivity index (χ1n) is 11.1. The van der Waals surface area contributed by atoms with Gasteiger partial charge in [0.2, 0.25) is 17.7 Å². The molecular formula is C25H34N4O3. The van der Waals surface area contributed by atoms with E-state index in [4.69, 9.17) is 0 Å². The van der Waals surface area contributed by atoms with Crippen molar-refractivity contribution < 1.29 is 14.4 Å². The van der Waals surface area contributed by atoms with Crippen molar-refractivity contribution >= 4 is 34.8 Å². The Bertz CT molecular complexity index is 894. The van der Waals surface area contributed by atoms with Gasteiger partial charge >= 0.3 is 0 Å². The van der Waals surface area contributed by atoms with E-state index < -0.39 is 0 Å². The maximum atomic E-state index is 12.3. The molecule has 3 N–H and O–H groups in total. The summed E-state index contributed by atoms with van der Waals surface area (Å²) in [5.74, 6) is -0.0778. The molecule has 0 aromatic heterocycles. The van der Waals surface area contributed by atoms with E-state index in [1.165, 1.54) is 0 Å². The number of anilines is 3. The number of benzene rings is 2. The van der Waals surface area contributed by atoms with Crippen LogP contribution in [0.25, 0.3) is 0 Å². The summed E-state index contributed by atoms with van der Waals surface area (Å²) in [5, 5.41) is 8.83. The van der Waals surface area contributed by atoms with Crippen LogP contribution in [0, 0.1) is 0 Å². The Hall–Kier alpha value is -3.35. The van der Waals surface area contributed by atoms with Crippen LogP contribution in [0.4, 0.5) is 17.1 Å². The summed E-state index contributed by atoms with van der Waals surface area (Å²) in [6, 6.07) is 14.8. The highest BCUT2D eigenvalue weighted by atomic mass is 16.2. The lowest BCUT2D eigenvalue weighted by Gasteiger charge is -2.11. The van der Waals surface area contributed by atoms with Crippen LogP contribution < -0.4 is 16.0 Å². The topological polar surface area (TPSA) is 90.5 Å². The number of nitrogens with zero attached hydrogens (tertiary/aromatic N) is 1. The Kier molecular flexibility index (Phi) is 10.2. The number of aryl methyl sites for hydroxylation is 1. The largest absolute Gasteiger partial charge is 0.376 e. The molecule has 0 aliphatic carbocycles. The van der Waals surface area contributed by atoms with Gasteiger partial charge in [0.25, 0.3) is 0 Å². The molecule has 7 nitrogen and oxygen atoms in total. The van der Waals surface area contributed by atoms with Gasteiger partial charge in [0.05, 0.1) is 6.54 Å². The zero-order valence-electron chi connectivity index (χ0n) is 19.2. The molecule has 7 heteroatoms. The number of nitrogens with one attached hydrogen (secondary N) is 3. The smallest absolute Gasteiger partial charge is 0.243 e. The summed E-state index contributed by atoms with van der Waals surface area (Å²) in [6.07, 6.45) is 4.65. The first kappa shape index (κ1) is 24.9. The highest BCUT2D eigenvalue weighted by Crippen LogP contribution is 2.16. The molecule has 2 aromatic rings. The number of hydrogen-bond acceptors (Lipinski definition) is 4. The van der Waals surface area contributed by atoms with Crippen molar-refractivity contribution in [2.45, 2.75) is 45.4 Å². The van der Waals surface area contributed by atoms with Crippen LogP contribution in [0.1, 0.15) is 44.6 Å². The van der Waals surface area contributed by atoms with Gasteiger partial charge in [-0.15, -0.1) is 0 Å². The monoisotopic (exact) mass is 438 g/mol. The van der Waals surface area contributed by atoms with Crippen molar-refractivity contribution in [3.8, 4) is 0 Å². The van der Waals surface area contributed by atoms with Gasteiger partial charge in [-0.25, -0.2) is 0 Å². The summed E-state index contributed by atoms with van der Waals surface area (Å²) < 4.78 is 0. The summed E-state index contributed by atoms with van der Waals surface area (Å²) in [5.41, 5.74) is 3.21. The Morgan fingerprint density at radius 2 is 1.50 bits per heavy atom. The van der Waals surface area contributed by atoms with Crippen LogP contribution in [0.15, 0.2) is 48.5 Å². The van der Waals surface area contributed by atoms with Gasteiger partial charge in [-0.1, -0.05) is 38.0 Å². The molecule has 2 aromatic carbocycles. The molecule has 0 spiro atoms. The molecule has 0 saturated carbocycles. The SMILES string of the molecule is CCCCCC(=O)Nc1cccc(NCC(=O)Nc2ccc(CCC(=O)N(C)C)cc2)c1. The number of carbonyl (C=O) groups is 3. The number of hydrogen-bond donors (Lipinski definition) is 3. The maximum absolute atomic E-state index is 12.3. The molecule has 172 valence electrons. The van der Waals surface area contributed by atoms with Crippen LogP contribution in [0.3, 0.4) is 0 Å². The van der Waals surface area contributed by atoms with Crippen molar-refractivity contribution in [2.24, 2.45) is 0 Å². The minimum Gasteiger partial charge on any atom is -0.376 e. The molecule has 0 radical (unpaired) electrons. The molecule has 0 aliphatic heterocycles. The summed E-state index contributed by atoms with van der Waals surface area (Å²) in [7, 11) is 3.49. The predicted octanol–water partition coefficient (Wildman–Crippen LogP) is 4.28. The fraction of sp³-hybridized carbons (Fsp3) is 0.400. The van der Waals surface area contributed by atoms with Gasteiger partial charge in [0.15, 0.2) is 0 Å². The molecule has 0 saturated heterocycles. The first-order chi connectivity index (χ1) is 15.4. The van der Waals surface area contributed by atoms with E-state index in [1.54, 1.807) is 19.0 Å². The van der Waals surface area contributed by atoms with Crippen molar-refractivity contribution in [3.05, 3.63) is 54.1 Å². The first-order valence-corrected chi connectivity index (χ1v) is 11.1. The van der Waals surface area contributed by atoms with Gasteiger partial charge < -0.3 is 20.9 Å². The van der Waals surface area contributed by atoms with Crippen molar-refractivity contribution in [2.75, 3.05) is 36.6 Å². The molecule has 0 atom stereocenters. The van der Waals surface area contributed by atoms with E-state index in [-0.39, 0.29) is 24.3 Å². The third kappa shape index (κ3) is 9.20. The van der Waals surface area contributed by atoms with Crippen molar-refractivity contribution in [1.29, 1.82) is 0 Å². The molecule has 0 fully saturated rings. The van der Waals surface area contributed by atoms with Crippen molar-refractivity contribution in [1.82, 2.24) is 4.90 Å². The summed E-state index contributed by atoms with van der Waals surface area (Å²) in [6.45, 7) is 2.21. The van der Waals surface area contributed by atoms with Gasteiger partial charge in [-0.05, 0) is 48.7 Å². The van der Waals surface area contributed by atoms with E-state index >= 15 is 0 Å². The minimum absolute atomic E-state index is 0.00266. The molecule has 32 heavy (non-hydrogen) atoms. The fourth-order valence-corrected chi connectivity index (χ4v) is 3.08. The maximum Gasteiger partial charge on any atom is 0.243 e. The molecular weight excluding hydrogens is 404 g/mol. The van der Waals surface area contributed by atoms with Crippen LogP contribution in [-0.4, -0.2) is 43.3 Å². The normalized spacial score (nSPS) is 10.3. The van der Waals surface area contributed by atoms with Gasteiger partial charge in [-0.3, -0.25) is 14.4 Å². The van der Waals surface area contributed by atoms with E-state index in [0.717, 1.165) is 30.5 Å². The quantitative estimate of drug-likeness (QED) is 0.432. The zero-order valence-corrected chi connectivity index (χ0v) is 19.2. The molecule has 0 heterocycles. The van der Waals surface area contributed by atoms with Gasteiger partial charge in [0, 0.05) is 44.0 Å². The Labute approximate surface area is 190 Å². The van der Waals surface area contributed by atoms with E-state index in [1.807, 2.05) is 48.5 Å². The lowest BCUT2D eigenvalue weighted by atomic mass is 10.1. The second kappa shape index (κ2) is 13.1. The standard InChI is InChI=1S/C25H34N4O3/c1-4-5-6-10-23(30)28-22-9-7-8-21(17-22)26-18-24(31)27-20-14-11-19(12-15-20)13-16-25(32)29(2)3/h7-9,11-12,14-15,17,26H,4-6,10,13,16,18H2,1-3H3,(H,27,31)(H,28,30). The summed E-state index contributed by atoms with van der Waals surface area (Å²) >= 11 is 0. The summed E-state index contributed by atoms with van der Waals surface area (Å²) in [4.78, 5) is 37.5.